The lowest BCUT2D eigenvalue weighted by Gasteiger charge is -2.20. The van der Waals surface area contributed by atoms with Crippen molar-refractivity contribution >= 4 is 70.6 Å². The normalized spacial score (nSPS) is 15.5. The largest absolute Gasteiger partial charge is 0.309 e. The number of benzene rings is 8. The van der Waals surface area contributed by atoms with E-state index in [9.17, 15) is 0 Å². The average molecular weight is 774 g/mol. The molecule has 3 heterocycles. The first-order chi connectivity index (χ1) is 29.2. The Labute approximate surface area is 347 Å². The molecule has 0 saturated carbocycles. The van der Waals surface area contributed by atoms with Gasteiger partial charge in [0.15, 0.2) is 5.84 Å². The minimum absolute atomic E-state index is 0.104. The zero-order valence-corrected chi connectivity index (χ0v) is 33.4. The highest BCUT2D eigenvalue weighted by Gasteiger charge is 2.24. The molecule has 2 aromatic heterocycles. The molecule has 0 N–H and O–H groups in total. The van der Waals surface area contributed by atoms with Crippen LogP contribution in [0.4, 0.5) is 0 Å². The SMILES string of the molecule is CC1C/C=C(\c2cc(-c3ccccc3)cc(-c3cccc4c3sc3ccccc34)c2)N=C(c2ccccc2)N=C1c1cccc2c1c1ccccc1n2-c1ccccc1. The second-order valence-electron chi connectivity index (χ2n) is 15.4. The molecule has 0 radical (unpaired) electrons. The van der Waals surface area contributed by atoms with Crippen molar-refractivity contribution < 1.29 is 0 Å². The van der Waals surface area contributed by atoms with Gasteiger partial charge in [0.1, 0.15) is 0 Å². The molecule has 1 unspecified atom stereocenters. The molecule has 0 bridgehead atoms. The Hall–Kier alpha value is -7.14. The van der Waals surface area contributed by atoms with E-state index in [0.717, 1.165) is 45.8 Å². The average Bonchev–Trinajstić information content (AvgIpc) is 3.85. The van der Waals surface area contributed by atoms with E-state index in [1.807, 2.05) is 11.3 Å². The van der Waals surface area contributed by atoms with Crippen LogP contribution in [0.1, 0.15) is 30.0 Å². The third-order valence-corrected chi connectivity index (χ3v) is 12.9. The first kappa shape index (κ1) is 35.1. The van der Waals surface area contributed by atoms with E-state index in [2.05, 4.69) is 212 Å². The van der Waals surface area contributed by atoms with Gasteiger partial charge in [0.25, 0.3) is 0 Å². The third-order valence-electron chi connectivity index (χ3n) is 11.7. The molecule has 0 saturated heterocycles. The maximum atomic E-state index is 5.62. The van der Waals surface area contributed by atoms with Gasteiger partial charge in [-0.3, -0.25) is 0 Å². The number of aliphatic imine (C=N–C) groups is 2. The zero-order chi connectivity index (χ0) is 39.3. The van der Waals surface area contributed by atoms with Crippen LogP contribution in [0.2, 0.25) is 0 Å². The fraction of sp³-hybridized carbons (Fsp3) is 0.0545. The molecule has 1 aliphatic rings. The Balaban J connectivity index is 1.12. The third kappa shape index (κ3) is 6.21. The van der Waals surface area contributed by atoms with E-state index < -0.39 is 0 Å². The summed E-state index contributed by atoms with van der Waals surface area (Å²) in [7, 11) is 0. The van der Waals surface area contributed by atoms with Gasteiger partial charge in [0.05, 0.1) is 22.4 Å². The Bertz CT molecular complexity index is 3300. The highest BCUT2D eigenvalue weighted by atomic mass is 32.1. The second kappa shape index (κ2) is 14.7. The van der Waals surface area contributed by atoms with E-state index >= 15 is 0 Å². The quantitative estimate of drug-likeness (QED) is 0.161. The first-order valence-electron chi connectivity index (χ1n) is 20.3. The van der Waals surface area contributed by atoms with Crippen molar-refractivity contribution in [3.8, 4) is 27.9 Å². The van der Waals surface area contributed by atoms with Gasteiger partial charge in [-0.2, -0.15) is 0 Å². The lowest BCUT2D eigenvalue weighted by Crippen LogP contribution is -2.17. The lowest BCUT2D eigenvalue weighted by molar-refractivity contribution is 0.791. The predicted octanol–water partition coefficient (Wildman–Crippen LogP) is 14.8. The van der Waals surface area contributed by atoms with Crippen LogP contribution in [-0.4, -0.2) is 16.1 Å². The van der Waals surface area contributed by atoms with E-state index in [4.69, 9.17) is 9.98 Å². The lowest BCUT2D eigenvalue weighted by atomic mass is 9.90. The number of allylic oxidation sites excluding steroid dienone is 1. The number of hydrogen-bond donors (Lipinski definition) is 0. The number of rotatable bonds is 6. The monoisotopic (exact) mass is 773 g/mol. The van der Waals surface area contributed by atoms with Gasteiger partial charge >= 0.3 is 0 Å². The Morgan fingerprint density at radius 1 is 0.492 bits per heavy atom. The molecule has 1 atom stereocenters. The highest BCUT2D eigenvalue weighted by Crippen LogP contribution is 2.42. The van der Waals surface area contributed by atoms with Crippen molar-refractivity contribution in [3.63, 3.8) is 0 Å². The van der Waals surface area contributed by atoms with Gasteiger partial charge in [0.2, 0.25) is 0 Å². The number of fused-ring (bicyclic) bond motifs is 6. The molecular weight excluding hydrogens is 735 g/mol. The summed E-state index contributed by atoms with van der Waals surface area (Å²) in [5.41, 5.74) is 13.4. The summed E-state index contributed by atoms with van der Waals surface area (Å²) in [6.07, 6.45) is 3.12. The van der Waals surface area contributed by atoms with Crippen LogP contribution in [0, 0.1) is 5.92 Å². The van der Waals surface area contributed by atoms with Gasteiger partial charge in [-0.1, -0.05) is 159 Å². The number of aromatic nitrogens is 1. The van der Waals surface area contributed by atoms with Gasteiger partial charge in [-0.15, -0.1) is 11.3 Å². The number of nitrogens with zero attached hydrogens (tertiary/aromatic N) is 3. The summed E-state index contributed by atoms with van der Waals surface area (Å²) in [5, 5.41) is 5.02. The molecule has 280 valence electrons. The Kier molecular flexibility index (Phi) is 8.71. The van der Waals surface area contributed by atoms with E-state index in [1.54, 1.807) is 0 Å². The fourth-order valence-electron chi connectivity index (χ4n) is 8.82. The van der Waals surface area contributed by atoms with Crippen LogP contribution >= 0.6 is 11.3 Å². The van der Waals surface area contributed by atoms with E-state index in [1.165, 1.54) is 58.7 Å². The van der Waals surface area contributed by atoms with Crippen molar-refractivity contribution in [2.45, 2.75) is 13.3 Å². The number of amidine groups is 1. The minimum Gasteiger partial charge on any atom is -0.309 e. The molecule has 4 heteroatoms. The second-order valence-corrected chi connectivity index (χ2v) is 16.4. The molecule has 0 fully saturated rings. The van der Waals surface area contributed by atoms with Gasteiger partial charge in [-0.05, 0) is 77.2 Å². The first-order valence-corrected chi connectivity index (χ1v) is 21.1. The summed E-state index contributed by atoms with van der Waals surface area (Å²) in [6.45, 7) is 2.31. The van der Waals surface area contributed by atoms with Crippen LogP contribution in [0.5, 0.6) is 0 Å². The van der Waals surface area contributed by atoms with Crippen LogP contribution in [0.15, 0.2) is 210 Å². The predicted molar refractivity (Wildman–Crippen MR) is 252 cm³/mol. The maximum Gasteiger partial charge on any atom is 0.160 e. The molecule has 59 heavy (non-hydrogen) atoms. The molecule has 11 rings (SSSR count). The fourth-order valence-corrected chi connectivity index (χ4v) is 10.1. The van der Waals surface area contributed by atoms with Crippen molar-refractivity contribution in [2.75, 3.05) is 0 Å². The number of para-hydroxylation sites is 2. The molecule has 10 aromatic rings. The molecule has 1 aliphatic heterocycles. The van der Waals surface area contributed by atoms with Gasteiger partial charge in [-0.25, -0.2) is 9.98 Å². The van der Waals surface area contributed by atoms with Crippen molar-refractivity contribution in [2.24, 2.45) is 15.9 Å². The Morgan fingerprint density at radius 3 is 1.92 bits per heavy atom. The standard InChI is InChI=1S/C55H39N3S/c1-36-31-32-48(41-34-39(37-17-5-2-6-18-37)33-40(35-41)43-25-15-26-45-44-23-12-14-30-51(44)59-54(43)45)56-55(38-19-7-3-8-20-38)57-53(36)47-27-16-29-50-52(47)46-24-11-13-28-49(46)58(50)42-21-9-4-10-22-42/h2-30,32-36H,31H2,1H3/b48-32+,56-55?,57-53?. The molecule has 0 spiro atoms. The van der Waals surface area contributed by atoms with Crippen LogP contribution in [-0.2, 0) is 0 Å². The van der Waals surface area contributed by atoms with Gasteiger partial charge in [0, 0.05) is 59.2 Å². The summed E-state index contributed by atoms with van der Waals surface area (Å²) in [5.74, 6) is 0.813. The molecule has 8 aromatic carbocycles. The number of thiophene rings is 1. The summed E-state index contributed by atoms with van der Waals surface area (Å²) < 4.78 is 4.98. The highest BCUT2D eigenvalue weighted by molar-refractivity contribution is 7.26. The Morgan fingerprint density at radius 2 is 1.10 bits per heavy atom. The van der Waals surface area contributed by atoms with Crippen LogP contribution in [0.3, 0.4) is 0 Å². The van der Waals surface area contributed by atoms with Crippen molar-refractivity contribution in [3.05, 3.63) is 217 Å². The van der Waals surface area contributed by atoms with Crippen LogP contribution < -0.4 is 0 Å². The summed E-state index contributed by atoms with van der Waals surface area (Å²) >= 11 is 1.87. The summed E-state index contributed by atoms with van der Waals surface area (Å²) in [4.78, 5) is 11.2. The number of hydrogen-bond acceptors (Lipinski definition) is 3. The van der Waals surface area contributed by atoms with Crippen molar-refractivity contribution in [1.29, 1.82) is 0 Å². The molecule has 0 aliphatic carbocycles. The van der Waals surface area contributed by atoms with Crippen molar-refractivity contribution in [1.82, 2.24) is 4.57 Å². The summed E-state index contributed by atoms with van der Waals surface area (Å²) in [6, 6.07) is 69.7. The minimum atomic E-state index is 0.104. The van der Waals surface area contributed by atoms with Crippen LogP contribution in [0.25, 0.3) is 75.6 Å². The molecule has 0 amide bonds. The maximum absolute atomic E-state index is 5.62. The van der Waals surface area contributed by atoms with E-state index in [-0.39, 0.29) is 5.92 Å². The molecular formula is C55H39N3S. The molecule has 3 nitrogen and oxygen atoms in total. The topological polar surface area (TPSA) is 29.6 Å². The zero-order valence-electron chi connectivity index (χ0n) is 32.6. The van der Waals surface area contributed by atoms with Gasteiger partial charge < -0.3 is 4.57 Å². The smallest absolute Gasteiger partial charge is 0.160 e. The van der Waals surface area contributed by atoms with E-state index in [0.29, 0.717) is 5.84 Å².